The molecule has 0 spiro atoms. The monoisotopic (exact) mass is 1770 g/mol. The molecule has 0 aromatic heterocycles. The Balaban J connectivity index is 0.000000360. The van der Waals surface area contributed by atoms with Crippen molar-refractivity contribution in [1.82, 2.24) is 0 Å². The molecule has 0 radical (unpaired) electrons. The second kappa shape index (κ2) is 54.5. The summed E-state index contributed by atoms with van der Waals surface area (Å²) in [5.41, 5.74) is 12.8. The Labute approximate surface area is 740 Å². The van der Waals surface area contributed by atoms with Crippen molar-refractivity contribution in [2.45, 2.75) is 122 Å². The molecule has 0 atom stereocenters. The van der Waals surface area contributed by atoms with E-state index in [1.54, 1.807) is 148 Å². The average Bonchev–Trinajstić information content (AvgIpc) is 0.826. The summed E-state index contributed by atoms with van der Waals surface area (Å²) >= 11 is 23.0. The molecule has 11 rings (SSSR count). The highest BCUT2D eigenvalue weighted by Gasteiger charge is 2.31. The molecule has 0 saturated heterocycles. The molecule has 0 heterocycles. The highest BCUT2D eigenvalue weighted by atomic mass is 35.5. The van der Waals surface area contributed by atoms with Crippen LogP contribution in [0.5, 0.6) is 11.5 Å². The van der Waals surface area contributed by atoms with Gasteiger partial charge >= 0.3 is 74.4 Å². The Morgan fingerprint density at radius 1 is 0.398 bits per heavy atom. The van der Waals surface area contributed by atoms with Crippen LogP contribution in [0.25, 0.3) is 0 Å². The molecule has 0 bridgehead atoms. The van der Waals surface area contributed by atoms with Crippen LogP contribution in [0.15, 0.2) is 224 Å². The van der Waals surface area contributed by atoms with Crippen molar-refractivity contribution in [3.05, 3.63) is 328 Å². The minimum Gasteiger partial charge on any atom is -0.495 e. The van der Waals surface area contributed by atoms with Crippen molar-refractivity contribution in [2.24, 2.45) is 0 Å². The van der Waals surface area contributed by atoms with Gasteiger partial charge in [0.2, 0.25) is 0 Å². The molecule has 36 heteroatoms. The smallest absolute Gasteiger partial charge is 0.416 e. The van der Waals surface area contributed by atoms with Gasteiger partial charge in [0.1, 0.15) is 35.6 Å². The lowest BCUT2D eigenvalue weighted by Crippen LogP contribution is -2.27. The van der Waals surface area contributed by atoms with E-state index < -0.39 is 89.6 Å². The summed E-state index contributed by atoms with van der Waals surface area (Å²) in [5, 5.41) is 95.7. The van der Waals surface area contributed by atoms with Gasteiger partial charge in [-0.25, -0.2) is 18.0 Å². The predicted molar refractivity (Wildman–Crippen MR) is 498 cm³/mol. The van der Waals surface area contributed by atoms with Gasteiger partial charge in [-0.2, -0.15) is 13.2 Å². The van der Waals surface area contributed by atoms with Crippen molar-refractivity contribution >= 4 is 169 Å². The second-order valence-electron chi connectivity index (χ2n) is 28.6. The van der Waals surface area contributed by atoms with E-state index in [0.717, 1.165) is 74.6 Å². The van der Waals surface area contributed by atoms with Gasteiger partial charge in [0.25, 0.3) is 5.69 Å². The largest absolute Gasteiger partial charge is 0.495 e. The summed E-state index contributed by atoms with van der Waals surface area (Å²) in [6.07, 6.45) is -4.35. The number of methoxy groups -OCH3 is 2. The fourth-order valence-electron chi connectivity index (χ4n) is 10.8. The first kappa shape index (κ1) is 108. The molecule has 11 aromatic rings. The highest BCUT2D eigenvalue weighted by Crippen LogP contribution is 2.29. The normalized spacial score (nSPS) is 10.1. The molecule has 123 heavy (non-hydrogen) atoms. The highest BCUT2D eigenvalue weighted by molar-refractivity contribution is 6.68. The number of carbonyl (C=O) groups excluding carboxylic acids is 1. The number of halogens is 10. The van der Waals surface area contributed by atoms with Crippen molar-refractivity contribution in [2.75, 3.05) is 14.2 Å². The van der Waals surface area contributed by atoms with Crippen molar-refractivity contribution in [3.63, 3.8) is 0 Å². The van der Waals surface area contributed by atoms with E-state index in [9.17, 15) is 76.4 Å². The van der Waals surface area contributed by atoms with Gasteiger partial charge in [0, 0.05) is 33.3 Å². The van der Waals surface area contributed by atoms with Gasteiger partial charge in [0.05, 0.1) is 53.5 Å². The van der Waals surface area contributed by atoms with Gasteiger partial charge in [-0.1, -0.05) is 264 Å². The lowest BCUT2D eigenvalue weighted by atomic mass is 9.64. The predicted octanol–water partition coefficient (Wildman–Crippen LogP) is 13.2. The Bertz CT molecular complexity index is 4910. The molecule has 0 aliphatic heterocycles. The first-order valence-corrected chi connectivity index (χ1v) is 40.1. The van der Waals surface area contributed by atoms with Gasteiger partial charge in [-0.3, -0.25) is 10.1 Å². The molecule has 0 fully saturated rings. The zero-order valence-electron chi connectivity index (χ0n) is 71.3. The first-order chi connectivity index (χ1) is 57.6. The number of benzene rings is 11. The maximum Gasteiger partial charge on any atom is 0.416 e. The van der Waals surface area contributed by atoms with Crippen LogP contribution in [-0.2, 0) is 35.5 Å². The van der Waals surface area contributed by atoms with E-state index in [-0.39, 0.29) is 41.0 Å². The molecule has 0 unspecified atom stereocenters. The van der Waals surface area contributed by atoms with Gasteiger partial charge < -0.3 is 64.2 Å². The molecule has 11 aromatic carbocycles. The van der Waals surface area contributed by atoms with Gasteiger partial charge in [-0.05, 0) is 173 Å². The van der Waals surface area contributed by atoms with E-state index in [1.807, 2.05) is 112 Å². The molecule has 9 N–H and O–H groups in total. The third kappa shape index (κ3) is 40.6. The third-order valence-electron chi connectivity index (χ3n) is 17.7. The summed E-state index contributed by atoms with van der Waals surface area (Å²) in [6, 6.07) is 62.6. The number of nitro groups is 1. The summed E-state index contributed by atoms with van der Waals surface area (Å²) in [5.74, 6) is -0.662. The fourth-order valence-corrected chi connectivity index (χ4v) is 11.8. The maximum absolute atomic E-state index is 13.6. The van der Waals surface area contributed by atoms with E-state index in [2.05, 4.69) is 10.8 Å². The zero-order valence-corrected chi connectivity index (χ0v) is 74.3. The minimum absolute atomic E-state index is 0.0541. The molecule has 0 aliphatic rings. The van der Waals surface area contributed by atoms with Crippen molar-refractivity contribution in [3.8, 4) is 11.5 Å². The van der Waals surface area contributed by atoms with Crippen LogP contribution >= 0.6 is 46.4 Å². The molecular formula is C87H100B9Cl4F6NO16. The molecule has 17 nitrogen and oxygen atoms in total. The van der Waals surface area contributed by atoms with Crippen molar-refractivity contribution in [1.29, 1.82) is 0 Å². The number of alkyl halides is 3. The number of rotatable bonds is 19. The topological polar surface area (TPSA) is 279 Å². The summed E-state index contributed by atoms with van der Waals surface area (Å²) in [6.45, 7) is 19.8. The van der Waals surface area contributed by atoms with Crippen LogP contribution in [0, 0.1) is 62.2 Å². The Morgan fingerprint density at radius 3 is 1.26 bits per heavy atom. The van der Waals surface area contributed by atoms with E-state index in [0.29, 0.717) is 72.7 Å². The summed E-state index contributed by atoms with van der Waals surface area (Å²) < 4.78 is 96.3. The van der Waals surface area contributed by atoms with Crippen LogP contribution in [0.3, 0.4) is 0 Å². The molecule has 0 aliphatic carbocycles. The zero-order chi connectivity index (χ0) is 92.7. The summed E-state index contributed by atoms with van der Waals surface area (Å²) in [4.78, 5) is 21.2. The molecular weight excluding hydrogens is 1670 g/mol. The number of aryl methyl sites for hydroxylation is 5. The number of ether oxygens (including phenoxy) is 4. The number of nitro benzene ring substituents is 1. The van der Waals surface area contributed by atoms with Gasteiger partial charge in [-0.15, -0.1) is 0 Å². The van der Waals surface area contributed by atoms with E-state index in [1.165, 1.54) is 50.1 Å². The van der Waals surface area contributed by atoms with Crippen LogP contribution < -0.4 is 58.6 Å². The quantitative estimate of drug-likeness (QED) is 0.0120. The number of hydrogen-bond acceptors (Lipinski definition) is 16. The molecule has 0 saturated carbocycles. The fraction of sp³-hybridized carbons (Fsp3) is 0.230. The SMILES string of the molecule is CB(O)c1cc(C)cc(C(F)(F)F)c1.CB(O)c1cc(C)cc(C)c1.CB(O)c1cc(Cl)cc(Cl)c1.CB(O)c1cc(F)cc(F)c1.CB(O)c1ccc(C)c([N+](=O)[O-])c1.CB(O)c1ccc(F)c(COCc2ccccc2)c1.CB(O)c1ccc(OCc2ccccc2)c(C)c1.COC(=O)c1ccc(B(C)O)cc1Cl.COc1cc(B(C)O)ccc1Cl. The summed E-state index contributed by atoms with van der Waals surface area (Å²) in [7, 11) is 2.84. The van der Waals surface area contributed by atoms with Crippen LogP contribution in [0.4, 0.5) is 32.0 Å². The Morgan fingerprint density at radius 2 is 0.805 bits per heavy atom. The molecule has 0 amide bonds. The van der Waals surface area contributed by atoms with E-state index in [4.69, 9.17) is 70.7 Å². The Kier molecular flexibility index (Phi) is 47.9. The van der Waals surface area contributed by atoms with Gasteiger partial charge in [0.15, 0.2) is 0 Å². The number of nitrogens with zero attached hydrogens (tertiary/aromatic N) is 1. The van der Waals surface area contributed by atoms with Crippen LogP contribution in [-0.4, -0.2) is 133 Å². The van der Waals surface area contributed by atoms with Crippen molar-refractivity contribution < 1.29 is 100 Å². The minimum atomic E-state index is -4.35. The lowest BCUT2D eigenvalue weighted by Gasteiger charge is -2.11. The Hall–Kier alpha value is -9.19. The van der Waals surface area contributed by atoms with Crippen LogP contribution in [0.1, 0.15) is 60.4 Å². The standard InChI is InChI=1S/C15H16BFO2.C15H17BO2.C9H10BClO3.C9H10BF3O.C9H13BO.C8H10BClO2.C8H10BNO3.C7H7BCl2O.C7H7BF2O/c1-16(18)14-7-8-15(17)13(9-14)11-19-10-12-5-3-2-4-6-12;1-12-10-14(16(2)17)8-9-15(12)18-11-13-6-4-3-5-7-13;1-10(13)6-3-4-7(8(11)5-6)9(12)14-2;1-6-3-7(9(11,12)13)5-8(4-6)10(2)14;1-7-4-8(2)6-9(5-7)10(3)11;1-9(11)6-3-4-7(10)8(5-6)12-2;1-6-3-4-7(9(2)11)5-8(6)10(12)13;2*1-8(11)5-2-6(9)4-7(10)3-5/h2-9,18H,10-11H2,1H3;3-10,17H,11H2,1-2H3;3-5,13H,1-2H3;3-5,14H,1-2H3;4-6,11H,1-3H3;3-5,11H,1-2H3;3-5,11H,1-2H3;2*2-4,11H,1H3. The maximum atomic E-state index is 13.6. The number of carbonyl (C=O) groups is 1. The van der Waals surface area contributed by atoms with E-state index >= 15 is 0 Å². The average molecular weight is 1770 g/mol. The first-order valence-electron chi connectivity index (χ1n) is 38.6. The lowest BCUT2D eigenvalue weighted by molar-refractivity contribution is -0.385. The third-order valence-corrected chi connectivity index (χ3v) is 18.7. The number of esters is 1. The molecule has 646 valence electrons. The number of hydrogen-bond donors (Lipinski definition) is 9. The second-order valence-corrected chi connectivity index (χ2v) is 30.3. The van der Waals surface area contributed by atoms with Crippen LogP contribution in [0.2, 0.25) is 81.5 Å².